The number of hydrogen-bond acceptors (Lipinski definition) is 3. The Balaban J connectivity index is 1.09. The zero-order chi connectivity index (χ0) is 36.2. The topological polar surface area (TPSA) is 52.4 Å². The molecule has 6 aromatic carbocycles. The highest BCUT2D eigenvalue weighted by Gasteiger charge is 2.24. The number of allylic oxidation sites excluding steroid dienone is 1. The highest BCUT2D eigenvalue weighted by atomic mass is 15.1. The van der Waals surface area contributed by atoms with Crippen molar-refractivity contribution in [2.24, 2.45) is 4.99 Å². The van der Waals surface area contributed by atoms with Crippen LogP contribution >= 0.6 is 0 Å². The van der Waals surface area contributed by atoms with Gasteiger partial charge >= 0.3 is 0 Å². The van der Waals surface area contributed by atoms with Gasteiger partial charge < -0.3 is 0 Å². The molecule has 0 saturated carbocycles. The van der Waals surface area contributed by atoms with Crippen LogP contribution in [0.1, 0.15) is 12.6 Å². The number of para-hydroxylation sites is 4. The van der Waals surface area contributed by atoms with Crippen LogP contribution in [0.5, 0.6) is 0 Å². The lowest BCUT2D eigenvalue weighted by Gasteiger charge is -2.14. The summed E-state index contributed by atoms with van der Waals surface area (Å²) in [7, 11) is 0. The Hall–Kier alpha value is -7.31. The van der Waals surface area contributed by atoms with Gasteiger partial charge in [0.25, 0.3) is 0 Å². The van der Waals surface area contributed by atoms with Crippen LogP contribution < -0.4 is 0 Å². The molecule has 0 N–H and O–H groups in total. The van der Waals surface area contributed by atoms with E-state index in [2.05, 4.69) is 165 Å². The average molecular weight is 695 g/mol. The van der Waals surface area contributed by atoms with Gasteiger partial charge in [0.2, 0.25) is 0 Å². The van der Waals surface area contributed by atoms with Crippen molar-refractivity contribution in [2.75, 3.05) is 0 Å². The normalized spacial score (nSPS) is 11.8. The predicted octanol–water partition coefficient (Wildman–Crippen LogP) is 12.1. The van der Waals surface area contributed by atoms with Crippen LogP contribution in [0.15, 0.2) is 175 Å². The van der Waals surface area contributed by atoms with E-state index < -0.39 is 0 Å². The maximum Gasteiger partial charge on any atom is 0.145 e. The van der Waals surface area contributed by atoms with E-state index >= 15 is 0 Å². The van der Waals surface area contributed by atoms with E-state index in [-0.39, 0.29) is 0 Å². The van der Waals surface area contributed by atoms with Crippen molar-refractivity contribution in [1.29, 1.82) is 0 Å². The molecule has 6 heteroatoms. The zero-order valence-corrected chi connectivity index (χ0v) is 29.6. The first kappa shape index (κ1) is 31.4. The smallest absolute Gasteiger partial charge is 0.145 e. The van der Waals surface area contributed by atoms with Gasteiger partial charge in [0.05, 0.1) is 27.9 Å². The minimum Gasteiger partial charge on any atom is -0.294 e. The van der Waals surface area contributed by atoms with E-state index in [1.165, 1.54) is 21.9 Å². The Morgan fingerprint density at radius 3 is 1.85 bits per heavy atom. The molecular formula is C48H34N6. The highest BCUT2D eigenvalue weighted by molar-refractivity contribution is 6.02. The van der Waals surface area contributed by atoms with Gasteiger partial charge in [-0.3, -0.25) is 18.5 Å². The van der Waals surface area contributed by atoms with Gasteiger partial charge in [-0.2, -0.15) is 0 Å². The minimum atomic E-state index is 0.663. The molecule has 54 heavy (non-hydrogen) atoms. The van der Waals surface area contributed by atoms with E-state index in [9.17, 15) is 0 Å². The Kier molecular flexibility index (Phi) is 7.40. The summed E-state index contributed by atoms with van der Waals surface area (Å²) >= 11 is 0. The summed E-state index contributed by atoms with van der Waals surface area (Å²) in [6.45, 7) is 5.92. The molecule has 0 radical (unpaired) electrons. The van der Waals surface area contributed by atoms with Crippen molar-refractivity contribution in [1.82, 2.24) is 23.5 Å². The second kappa shape index (κ2) is 12.7. The first-order valence-corrected chi connectivity index (χ1v) is 18.1. The van der Waals surface area contributed by atoms with Crippen LogP contribution in [0.2, 0.25) is 0 Å². The molecule has 0 bridgehead atoms. The first-order valence-electron chi connectivity index (χ1n) is 18.1. The number of aromatic nitrogens is 5. The Labute approximate surface area is 312 Å². The number of rotatable bonds is 7. The molecule has 0 spiro atoms. The molecule has 0 aliphatic carbocycles. The van der Waals surface area contributed by atoms with Crippen LogP contribution in [0.4, 0.5) is 5.69 Å². The third-order valence-electron chi connectivity index (χ3n) is 10.2. The molecule has 6 nitrogen and oxygen atoms in total. The summed E-state index contributed by atoms with van der Waals surface area (Å²) in [5.74, 6) is 0.808. The Morgan fingerprint density at radius 1 is 0.556 bits per heavy atom. The summed E-state index contributed by atoms with van der Waals surface area (Å²) in [6, 6.07) is 57.6. The SMILES string of the molecule is C=Nc1c(/C=C\C)nc(-c2ccccc2)c2c1nc(-c1ccc(-c3ccc(-n4c5ccccc5n5c6ccccc6cc45)cc3)cc1)n2-c1ccccc1. The summed E-state index contributed by atoms with van der Waals surface area (Å²) in [5.41, 5.74) is 15.0. The molecule has 0 unspecified atom stereocenters. The molecule has 10 aromatic rings. The second-order valence-electron chi connectivity index (χ2n) is 13.4. The molecule has 4 heterocycles. The molecular weight excluding hydrogens is 661 g/mol. The summed E-state index contributed by atoms with van der Waals surface area (Å²) < 4.78 is 6.91. The van der Waals surface area contributed by atoms with Gasteiger partial charge in [0.15, 0.2) is 0 Å². The molecule has 10 rings (SSSR count). The molecule has 256 valence electrons. The van der Waals surface area contributed by atoms with Crippen molar-refractivity contribution in [3.05, 3.63) is 176 Å². The molecule has 0 aliphatic heterocycles. The molecule has 4 aromatic heterocycles. The van der Waals surface area contributed by atoms with E-state index in [4.69, 9.17) is 9.97 Å². The monoisotopic (exact) mass is 694 g/mol. The zero-order valence-electron chi connectivity index (χ0n) is 29.6. The maximum atomic E-state index is 5.32. The fourth-order valence-electron chi connectivity index (χ4n) is 7.81. The standard InChI is InChI=1S/C48H34N6/c1-3-14-39-45(49-2)46-47(44(50-39)34-15-6-4-7-16-34)53(37-18-8-5-9-19-37)48(51-46)35-25-23-32(24-26-35)33-27-29-38(30-28-33)52-41-21-12-13-22-42(41)54-40-20-11-10-17-36(40)31-43(52)54/h3-31H,2H2,1H3/b14-3-. The molecule has 0 fully saturated rings. The fraction of sp³-hybridized carbons (Fsp3) is 0.0208. The third-order valence-corrected chi connectivity index (χ3v) is 10.2. The van der Waals surface area contributed by atoms with E-state index in [1.54, 1.807) is 0 Å². The van der Waals surface area contributed by atoms with Gasteiger partial charge in [-0.05, 0) is 79.4 Å². The lowest BCUT2D eigenvalue weighted by Crippen LogP contribution is -2.00. The lowest BCUT2D eigenvalue weighted by molar-refractivity contribution is 1.10. The number of pyridine rings is 1. The number of nitrogens with zero attached hydrogens (tertiary/aromatic N) is 6. The summed E-state index contributed by atoms with van der Waals surface area (Å²) in [4.78, 5) is 15.0. The second-order valence-corrected chi connectivity index (χ2v) is 13.4. The summed E-state index contributed by atoms with van der Waals surface area (Å²) in [5, 5.41) is 1.23. The molecule has 0 saturated heterocycles. The van der Waals surface area contributed by atoms with Gasteiger partial charge in [0, 0.05) is 27.9 Å². The van der Waals surface area contributed by atoms with Gasteiger partial charge in [-0.25, -0.2) is 9.97 Å². The van der Waals surface area contributed by atoms with Crippen molar-refractivity contribution >= 4 is 57.1 Å². The number of aliphatic imine (C=N–C) groups is 1. The molecule has 0 atom stereocenters. The van der Waals surface area contributed by atoms with Crippen molar-refractivity contribution < 1.29 is 0 Å². The average Bonchev–Trinajstić information content (AvgIpc) is 3.91. The van der Waals surface area contributed by atoms with E-state index in [0.717, 1.165) is 67.5 Å². The predicted molar refractivity (Wildman–Crippen MR) is 224 cm³/mol. The van der Waals surface area contributed by atoms with E-state index in [1.807, 2.05) is 43.3 Å². The van der Waals surface area contributed by atoms with Crippen molar-refractivity contribution in [3.63, 3.8) is 0 Å². The molecule has 0 amide bonds. The molecule has 0 aliphatic rings. The third kappa shape index (κ3) is 4.92. The van der Waals surface area contributed by atoms with Crippen LogP contribution in [-0.2, 0) is 0 Å². The maximum absolute atomic E-state index is 5.32. The van der Waals surface area contributed by atoms with Crippen LogP contribution in [0.25, 0.3) is 89.8 Å². The first-order chi connectivity index (χ1) is 26.7. The lowest BCUT2D eigenvalue weighted by atomic mass is 10.0. The van der Waals surface area contributed by atoms with E-state index in [0.29, 0.717) is 5.69 Å². The van der Waals surface area contributed by atoms with Crippen LogP contribution in [0, 0.1) is 0 Å². The minimum absolute atomic E-state index is 0.663. The fourth-order valence-corrected chi connectivity index (χ4v) is 7.81. The van der Waals surface area contributed by atoms with Gasteiger partial charge in [0.1, 0.15) is 28.2 Å². The highest BCUT2D eigenvalue weighted by Crippen LogP contribution is 2.41. The quantitative estimate of drug-likeness (QED) is 0.156. The number of hydrogen-bond donors (Lipinski definition) is 0. The van der Waals surface area contributed by atoms with Gasteiger partial charge in [-0.1, -0.05) is 121 Å². The summed E-state index contributed by atoms with van der Waals surface area (Å²) in [6.07, 6.45) is 3.95. The van der Waals surface area contributed by atoms with Crippen molar-refractivity contribution in [2.45, 2.75) is 6.92 Å². The Bertz CT molecular complexity index is 3040. The largest absolute Gasteiger partial charge is 0.294 e. The van der Waals surface area contributed by atoms with Crippen molar-refractivity contribution in [3.8, 4) is 45.1 Å². The van der Waals surface area contributed by atoms with Crippen LogP contribution in [-0.4, -0.2) is 30.2 Å². The number of benzene rings is 6. The van der Waals surface area contributed by atoms with Gasteiger partial charge in [-0.15, -0.1) is 0 Å². The number of imidazole rings is 2. The van der Waals surface area contributed by atoms with Crippen LogP contribution in [0.3, 0.4) is 0 Å². The Morgan fingerprint density at radius 2 is 1.15 bits per heavy atom. The number of fused-ring (bicyclic) bond motifs is 6.